The van der Waals surface area contributed by atoms with E-state index in [2.05, 4.69) is 15.5 Å². The van der Waals surface area contributed by atoms with Crippen molar-refractivity contribution in [2.24, 2.45) is 7.05 Å². The van der Waals surface area contributed by atoms with Crippen LogP contribution in [-0.4, -0.2) is 33.0 Å². The van der Waals surface area contributed by atoms with Crippen molar-refractivity contribution in [3.8, 4) is 0 Å². The number of hydrogen-bond acceptors (Lipinski definition) is 4. The summed E-state index contributed by atoms with van der Waals surface area (Å²) in [5, 5.41) is 10.4. The zero-order valence-corrected chi connectivity index (χ0v) is 12.3. The van der Waals surface area contributed by atoms with Crippen LogP contribution in [0.2, 0.25) is 0 Å². The molecule has 0 fully saturated rings. The SMILES string of the molecule is Cn1cnnc1CCNC(=O)CCC(=O)c1ccc(F)cc1. The molecule has 1 amide bonds. The summed E-state index contributed by atoms with van der Waals surface area (Å²) in [6, 6.07) is 5.30. The Morgan fingerprint density at radius 1 is 1.23 bits per heavy atom. The van der Waals surface area contributed by atoms with Crippen LogP contribution in [0.15, 0.2) is 30.6 Å². The number of amides is 1. The average molecular weight is 304 g/mol. The van der Waals surface area contributed by atoms with Gasteiger partial charge in [-0.3, -0.25) is 9.59 Å². The van der Waals surface area contributed by atoms with Gasteiger partial charge in [-0.1, -0.05) is 0 Å². The van der Waals surface area contributed by atoms with E-state index >= 15 is 0 Å². The van der Waals surface area contributed by atoms with E-state index in [1.165, 1.54) is 24.3 Å². The van der Waals surface area contributed by atoms with Gasteiger partial charge in [0.05, 0.1) is 0 Å². The predicted molar refractivity (Wildman–Crippen MR) is 77.7 cm³/mol. The van der Waals surface area contributed by atoms with Gasteiger partial charge in [0.1, 0.15) is 18.0 Å². The molecule has 0 radical (unpaired) electrons. The average Bonchev–Trinajstić information content (AvgIpc) is 2.91. The molecule has 1 heterocycles. The summed E-state index contributed by atoms with van der Waals surface area (Å²) >= 11 is 0. The Hall–Kier alpha value is -2.57. The first kappa shape index (κ1) is 15.8. The number of nitrogens with zero attached hydrogens (tertiary/aromatic N) is 3. The maximum absolute atomic E-state index is 12.8. The first-order valence-corrected chi connectivity index (χ1v) is 6.94. The number of carbonyl (C=O) groups is 2. The van der Waals surface area contributed by atoms with Crippen LogP contribution in [0.5, 0.6) is 0 Å². The number of Topliss-reactive ketones (excluding diaryl/α,β-unsaturated/α-hetero) is 1. The van der Waals surface area contributed by atoms with Crippen molar-refractivity contribution in [1.82, 2.24) is 20.1 Å². The quantitative estimate of drug-likeness (QED) is 0.782. The molecule has 0 saturated heterocycles. The molecule has 6 nitrogen and oxygen atoms in total. The van der Waals surface area contributed by atoms with Crippen molar-refractivity contribution in [2.75, 3.05) is 6.54 Å². The summed E-state index contributed by atoms with van der Waals surface area (Å²) in [7, 11) is 1.83. The molecule has 0 unspecified atom stereocenters. The van der Waals surface area contributed by atoms with E-state index in [1.807, 2.05) is 7.05 Å². The Morgan fingerprint density at radius 3 is 2.59 bits per heavy atom. The van der Waals surface area contributed by atoms with Crippen LogP contribution >= 0.6 is 0 Å². The smallest absolute Gasteiger partial charge is 0.220 e. The minimum atomic E-state index is -0.391. The molecule has 1 N–H and O–H groups in total. The largest absolute Gasteiger partial charge is 0.356 e. The molecule has 0 bridgehead atoms. The van der Waals surface area contributed by atoms with Gasteiger partial charge in [-0.15, -0.1) is 10.2 Å². The van der Waals surface area contributed by atoms with Crippen molar-refractivity contribution >= 4 is 11.7 Å². The Morgan fingerprint density at radius 2 is 1.95 bits per heavy atom. The van der Waals surface area contributed by atoms with E-state index in [1.54, 1.807) is 10.9 Å². The van der Waals surface area contributed by atoms with Crippen LogP contribution in [0.1, 0.15) is 29.0 Å². The van der Waals surface area contributed by atoms with E-state index in [0.29, 0.717) is 18.5 Å². The first-order valence-electron chi connectivity index (χ1n) is 6.94. The Labute approximate surface area is 127 Å². The second kappa shape index (κ2) is 7.44. The lowest BCUT2D eigenvalue weighted by molar-refractivity contribution is -0.121. The van der Waals surface area contributed by atoms with Gasteiger partial charge in [0, 0.05) is 38.4 Å². The monoisotopic (exact) mass is 304 g/mol. The highest BCUT2D eigenvalue weighted by Gasteiger charge is 2.09. The van der Waals surface area contributed by atoms with Crippen molar-refractivity contribution in [3.05, 3.63) is 47.8 Å². The summed E-state index contributed by atoms with van der Waals surface area (Å²) < 4.78 is 14.5. The maximum Gasteiger partial charge on any atom is 0.220 e. The summed E-state index contributed by atoms with van der Waals surface area (Å²) in [5.41, 5.74) is 0.410. The van der Waals surface area contributed by atoms with Crippen molar-refractivity contribution in [3.63, 3.8) is 0 Å². The van der Waals surface area contributed by atoms with Crippen LogP contribution in [0.25, 0.3) is 0 Å². The van der Waals surface area contributed by atoms with Gasteiger partial charge in [0.15, 0.2) is 5.78 Å². The summed E-state index contributed by atoms with van der Waals surface area (Å²) in [5.74, 6) is 0.0156. The van der Waals surface area contributed by atoms with Crippen molar-refractivity contribution in [1.29, 1.82) is 0 Å². The van der Waals surface area contributed by atoms with Gasteiger partial charge in [0.2, 0.25) is 5.91 Å². The first-order chi connectivity index (χ1) is 10.6. The zero-order valence-electron chi connectivity index (χ0n) is 12.3. The molecule has 7 heteroatoms. The molecule has 0 spiro atoms. The van der Waals surface area contributed by atoms with Crippen LogP contribution < -0.4 is 5.32 Å². The number of nitrogens with one attached hydrogen (secondary N) is 1. The van der Waals surface area contributed by atoms with Crippen LogP contribution in [0.3, 0.4) is 0 Å². The fraction of sp³-hybridized carbons (Fsp3) is 0.333. The Bertz CT molecular complexity index is 652. The van der Waals surface area contributed by atoms with E-state index in [4.69, 9.17) is 0 Å². The molecule has 0 atom stereocenters. The highest BCUT2D eigenvalue weighted by atomic mass is 19.1. The van der Waals surface area contributed by atoms with Crippen LogP contribution in [0.4, 0.5) is 4.39 Å². The van der Waals surface area contributed by atoms with Crippen molar-refractivity contribution in [2.45, 2.75) is 19.3 Å². The number of hydrogen-bond donors (Lipinski definition) is 1. The predicted octanol–water partition coefficient (Wildman–Crippen LogP) is 1.28. The molecule has 116 valence electrons. The Balaban J connectivity index is 1.70. The lowest BCUT2D eigenvalue weighted by Crippen LogP contribution is -2.26. The topological polar surface area (TPSA) is 76.9 Å². The minimum absolute atomic E-state index is 0.0986. The Kier molecular flexibility index (Phi) is 5.35. The van der Waals surface area contributed by atoms with Gasteiger partial charge in [-0.2, -0.15) is 0 Å². The van der Waals surface area contributed by atoms with Gasteiger partial charge in [-0.05, 0) is 24.3 Å². The number of ketones is 1. The summed E-state index contributed by atoms with van der Waals surface area (Å²) in [6.07, 6.45) is 2.38. The highest BCUT2D eigenvalue weighted by molar-refractivity contribution is 5.97. The molecule has 1 aromatic carbocycles. The molecular weight excluding hydrogens is 287 g/mol. The van der Waals surface area contributed by atoms with E-state index in [0.717, 1.165) is 5.82 Å². The van der Waals surface area contributed by atoms with Gasteiger partial charge < -0.3 is 9.88 Å². The second-order valence-corrected chi connectivity index (χ2v) is 4.89. The van der Waals surface area contributed by atoms with Crippen LogP contribution in [-0.2, 0) is 18.3 Å². The molecule has 2 rings (SSSR count). The number of halogens is 1. The fourth-order valence-corrected chi connectivity index (χ4v) is 1.94. The van der Waals surface area contributed by atoms with E-state index in [-0.39, 0.29) is 24.5 Å². The molecule has 0 aliphatic heterocycles. The molecule has 1 aromatic heterocycles. The molecule has 0 aliphatic rings. The third kappa shape index (κ3) is 4.47. The van der Waals surface area contributed by atoms with Gasteiger partial charge >= 0.3 is 0 Å². The summed E-state index contributed by atoms with van der Waals surface area (Å²) in [4.78, 5) is 23.5. The number of benzene rings is 1. The highest BCUT2D eigenvalue weighted by Crippen LogP contribution is 2.07. The summed E-state index contributed by atoms with van der Waals surface area (Å²) in [6.45, 7) is 0.441. The lowest BCUT2D eigenvalue weighted by atomic mass is 10.1. The van der Waals surface area contributed by atoms with Crippen molar-refractivity contribution < 1.29 is 14.0 Å². The number of aryl methyl sites for hydroxylation is 1. The number of aromatic nitrogens is 3. The number of carbonyl (C=O) groups excluding carboxylic acids is 2. The maximum atomic E-state index is 12.8. The third-order valence-corrected chi connectivity index (χ3v) is 3.22. The zero-order chi connectivity index (χ0) is 15.9. The minimum Gasteiger partial charge on any atom is -0.356 e. The van der Waals surface area contributed by atoms with Gasteiger partial charge in [0.25, 0.3) is 0 Å². The number of rotatable bonds is 7. The molecule has 0 saturated carbocycles. The molecule has 2 aromatic rings. The lowest BCUT2D eigenvalue weighted by Gasteiger charge is -2.05. The third-order valence-electron chi connectivity index (χ3n) is 3.22. The fourth-order valence-electron chi connectivity index (χ4n) is 1.94. The molecular formula is C15H17FN4O2. The normalized spacial score (nSPS) is 10.5. The second-order valence-electron chi connectivity index (χ2n) is 4.89. The standard InChI is InChI=1S/C15H17FN4O2/c1-20-10-18-19-14(20)8-9-17-15(22)7-6-13(21)11-2-4-12(16)5-3-11/h2-5,10H,6-9H2,1H3,(H,17,22). The van der Waals surface area contributed by atoms with E-state index in [9.17, 15) is 14.0 Å². The molecule has 0 aliphatic carbocycles. The molecule has 22 heavy (non-hydrogen) atoms. The van der Waals surface area contributed by atoms with Crippen LogP contribution in [0, 0.1) is 5.82 Å². The van der Waals surface area contributed by atoms with Gasteiger partial charge in [-0.25, -0.2) is 4.39 Å². The van der Waals surface area contributed by atoms with E-state index < -0.39 is 5.82 Å².